The number of carbonyl (C=O) groups is 1. The zero-order chi connectivity index (χ0) is 16.1. The van der Waals surface area contributed by atoms with E-state index in [-0.39, 0.29) is 12.5 Å². The van der Waals surface area contributed by atoms with Crippen LogP contribution in [0.1, 0.15) is 30.9 Å². The summed E-state index contributed by atoms with van der Waals surface area (Å²) < 4.78 is 0. The van der Waals surface area contributed by atoms with Gasteiger partial charge in [0.1, 0.15) is 0 Å². The summed E-state index contributed by atoms with van der Waals surface area (Å²) in [6.07, 6.45) is 0. The maximum atomic E-state index is 12.0. The van der Waals surface area contributed by atoms with Crippen LogP contribution in [0.3, 0.4) is 0 Å². The Kier molecular flexibility index (Phi) is 5.45. The lowest BCUT2D eigenvalue weighted by molar-refractivity contribution is -0.114. The number of benzene rings is 2. The van der Waals surface area contributed by atoms with Crippen molar-refractivity contribution in [1.82, 2.24) is 0 Å². The molecule has 0 bridgehead atoms. The van der Waals surface area contributed by atoms with E-state index in [1.54, 1.807) is 12.1 Å². The molecule has 2 N–H and O–H groups in total. The van der Waals surface area contributed by atoms with Crippen molar-refractivity contribution in [3.05, 3.63) is 58.6 Å². The highest BCUT2D eigenvalue weighted by atomic mass is 35.5. The maximum absolute atomic E-state index is 12.0. The minimum atomic E-state index is -0.0988. The Labute approximate surface area is 136 Å². The maximum Gasteiger partial charge on any atom is 0.243 e. The fourth-order valence-corrected chi connectivity index (χ4v) is 2.26. The van der Waals surface area contributed by atoms with Gasteiger partial charge in [-0.15, -0.1) is 0 Å². The van der Waals surface area contributed by atoms with Crippen LogP contribution in [0.2, 0.25) is 5.02 Å². The highest BCUT2D eigenvalue weighted by Crippen LogP contribution is 2.20. The normalized spacial score (nSPS) is 10.6. The van der Waals surface area contributed by atoms with E-state index in [1.165, 1.54) is 5.56 Å². The highest BCUT2D eigenvalue weighted by Gasteiger charge is 2.06. The molecule has 0 aliphatic carbocycles. The molecular formula is C18H21ClN2O. The van der Waals surface area contributed by atoms with Gasteiger partial charge in [-0.25, -0.2) is 0 Å². The number of nitrogens with one attached hydrogen (secondary N) is 2. The molecule has 0 unspecified atom stereocenters. The molecule has 0 aromatic heterocycles. The van der Waals surface area contributed by atoms with Crippen molar-refractivity contribution in [3.63, 3.8) is 0 Å². The summed E-state index contributed by atoms with van der Waals surface area (Å²) in [6, 6.07) is 13.6. The van der Waals surface area contributed by atoms with E-state index < -0.39 is 0 Å². The fraction of sp³-hybridized carbons (Fsp3) is 0.278. The third kappa shape index (κ3) is 4.50. The number of amides is 1. The predicted octanol–water partition coefficient (Wildman–Crippen LogP) is 4.82. The standard InChI is InChI=1S/C18H21ClN2O/c1-12(2)14-5-8-16(9-6-14)20-11-18(22)21-17-10-15(19)7-4-13(17)3/h4-10,12,20H,11H2,1-3H3,(H,21,22). The molecule has 1 amide bonds. The molecule has 4 heteroatoms. The molecule has 0 heterocycles. The number of halogens is 1. The second-order valence-electron chi connectivity index (χ2n) is 5.64. The predicted molar refractivity (Wildman–Crippen MR) is 93.8 cm³/mol. The molecule has 0 aliphatic rings. The van der Waals surface area contributed by atoms with Gasteiger partial charge >= 0.3 is 0 Å². The van der Waals surface area contributed by atoms with Crippen molar-refractivity contribution in [1.29, 1.82) is 0 Å². The Balaban J connectivity index is 1.91. The molecule has 116 valence electrons. The lowest BCUT2D eigenvalue weighted by Gasteiger charge is -2.11. The van der Waals surface area contributed by atoms with Crippen LogP contribution >= 0.6 is 11.6 Å². The summed E-state index contributed by atoms with van der Waals surface area (Å²) in [5.74, 6) is 0.404. The summed E-state index contributed by atoms with van der Waals surface area (Å²) in [7, 11) is 0. The quantitative estimate of drug-likeness (QED) is 0.830. The van der Waals surface area contributed by atoms with Gasteiger partial charge in [0, 0.05) is 16.4 Å². The molecule has 0 spiro atoms. The van der Waals surface area contributed by atoms with Gasteiger partial charge in [-0.2, -0.15) is 0 Å². The van der Waals surface area contributed by atoms with Gasteiger partial charge in [0.2, 0.25) is 5.91 Å². The minimum Gasteiger partial charge on any atom is -0.376 e. The van der Waals surface area contributed by atoms with Crippen molar-refractivity contribution in [2.24, 2.45) is 0 Å². The van der Waals surface area contributed by atoms with E-state index in [9.17, 15) is 4.79 Å². The summed E-state index contributed by atoms with van der Waals surface area (Å²) in [4.78, 5) is 12.0. The number of aryl methyl sites for hydroxylation is 1. The van der Waals surface area contributed by atoms with Gasteiger partial charge in [0.25, 0.3) is 0 Å². The Morgan fingerprint density at radius 2 is 1.82 bits per heavy atom. The Hall–Kier alpha value is -2.00. The minimum absolute atomic E-state index is 0.0988. The molecule has 0 fully saturated rings. The molecule has 3 nitrogen and oxygen atoms in total. The number of carbonyl (C=O) groups excluding carboxylic acids is 1. The van der Waals surface area contributed by atoms with Crippen LogP contribution in [0, 0.1) is 6.92 Å². The monoisotopic (exact) mass is 316 g/mol. The van der Waals surface area contributed by atoms with Crippen molar-refractivity contribution < 1.29 is 4.79 Å². The van der Waals surface area contributed by atoms with Gasteiger partial charge in [0.15, 0.2) is 0 Å². The average molecular weight is 317 g/mol. The zero-order valence-electron chi connectivity index (χ0n) is 13.1. The SMILES string of the molecule is Cc1ccc(Cl)cc1NC(=O)CNc1ccc(C(C)C)cc1. The fourth-order valence-electron chi connectivity index (χ4n) is 2.09. The van der Waals surface area contributed by atoms with Crippen LogP contribution in [0.15, 0.2) is 42.5 Å². The number of rotatable bonds is 5. The molecule has 0 aliphatic heterocycles. The molecule has 2 aromatic rings. The summed E-state index contributed by atoms with van der Waals surface area (Å²) in [5, 5.41) is 6.59. The van der Waals surface area contributed by atoms with E-state index >= 15 is 0 Å². The third-order valence-corrected chi connectivity index (χ3v) is 3.74. The van der Waals surface area contributed by atoms with Crippen molar-refractivity contribution in [3.8, 4) is 0 Å². The molecule has 0 atom stereocenters. The largest absolute Gasteiger partial charge is 0.376 e. The summed E-state index contributed by atoms with van der Waals surface area (Å²) in [5.41, 5.74) is 3.94. The van der Waals surface area contributed by atoms with E-state index in [0.717, 1.165) is 16.9 Å². The van der Waals surface area contributed by atoms with Crippen LogP contribution in [-0.4, -0.2) is 12.5 Å². The second kappa shape index (κ2) is 7.32. The number of hydrogen-bond donors (Lipinski definition) is 2. The van der Waals surface area contributed by atoms with Crippen molar-refractivity contribution >= 4 is 28.9 Å². The summed E-state index contributed by atoms with van der Waals surface area (Å²) >= 11 is 5.95. The first kappa shape index (κ1) is 16.4. The first-order chi connectivity index (χ1) is 10.5. The molecule has 2 aromatic carbocycles. The Bertz CT molecular complexity index is 651. The van der Waals surface area contributed by atoms with Crippen LogP contribution in [0.4, 0.5) is 11.4 Å². The van der Waals surface area contributed by atoms with Gasteiger partial charge < -0.3 is 10.6 Å². The van der Waals surface area contributed by atoms with Crippen LogP contribution < -0.4 is 10.6 Å². The van der Waals surface area contributed by atoms with Gasteiger partial charge in [-0.1, -0.05) is 43.6 Å². The van der Waals surface area contributed by atoms with Crippen LogP contribution in [0.25, 0.3) is 0 Å². The first-order valence-corrected chi connectivity index (χ1v) is 7.73. The second-order valence-corrected chi connectivity index (χ2v) is 6.07. The third-order valence-electron chi connectivity index (χ3n) is 3.50. The zero-order valence-corrected chi connectivity index (χ0v) is 13.9. The molecule has 2 rings (SSSR count). The molecule has 0 saturated carbocycles. The van der Waals surface area contributed by atoms with Gasteiger partial charge in [-0.05, 0) is 48.2 Å². The lowest BCUT2D eigenvalue weighted by Crippen LogP contribution is -2.22. The smallest absolute Gasteiger partial charge is 0.243 e. The lowest BCUT2D eigenvalue weighted by atomic mass is 10.0. The molecule has 0 saturated heterocycles. The van der Waals surface area contributed by atoms with E-state index in [2.05, 4.69) is 36.6 Å². The van der Waals surface area contributed by atoms with E-state index in [4.69, 9.17) is 11.6 Å². The first-order valence-electron chi connectivity index (χ1n) is 7.35. The average Bonchev–Trinajstić information content (AvgIpc) is 2.49. The van der Waals surface area contributed by atoms with Crippen LogP contribution in [-0.2, 0) is 4.79 Å². The number of anilines is 2. The number of hydrogen-bond acceptors (Lipinski definition) is 2. The Morgan fingerprint density at radius 3 is 2.45 bits per heavy atom. The molecular weight excluding hydrogens is 296 g/mol. The summed E-state index contributed by atoms with van der Waals surface area (Å²) in [6.45, 7) is 6.46. The molecule has 22 heavy (non-hydrogen) atoms. The topological polar surface area (TPSA) is 41.1 Å². The van der Waals surface area contributed by atoms with Crippen LogP contribution in [0.5, 0.6) is 0 Å². The highest BCUT2D eigenvalue weighted by molar-refractivity contribution is 6.31. The van der Waals surface area contributed by atoms with E-state index in [1.807, 2.05) is 25.1 Å². The van der Waals surface area contributed by atoms with Crippen molar-refractivity contribution in [2.45, 2.75) is 26.7 Å². The van der Waals surface area contributed by atoms with Crippen molar-refractivity contribution in [2.75, 3.05) is 17.2 Å². The van der Waals surface area contributed by atoms with E-state index in [0.29, 0.717) is 10.9 Å². The van der Waals surface area contributed by atoms with Gasteiger partial charge in [0.05, 0.1) is 6.54 Å². The Morgan fingerprint density at radius 1 is 1.14 bits per heavy atom. The van der Waals surface area contributed by atoms with Gasteiger partial charge in [-0.3, -0.25) is 4.79 Å². The molecule has 0 radical (unpaired) electrons.